The second kappa shape index (κ2) is 8.05. The van der Waals surface area contributed by atoms with Gasteiger partial charge in [0.2, 0.25) is 9.84 Å². The van der Waals surface area contributed by atoms with E-state index in [9.17, 15) is 13.2 Å². The van der Waals surface area contributed by atoms with E-state index >= 15 is 0 Å². The number of carbonyl (C=O) groups is 1. The highest BCUT2D eigenvalue weighted by Gasteiger charge is 2.16. The first-order chi connectivity index (χ1) is 13.0. The van der Waals surface area contributed by atoms with Gasteiger partial charge < -0.3 is 9.47 Å². The van der Waals surface area contributed by atoms with E-state index in [0.717, 1.165) is 5.56 Å². The summed E-state index contributed by atoms with van der Waals surface area (Å²) >= 11 is 0. The van der Waals surface area contributed by atoms with Crippen LogP contribution in [-0.2, 0) is 21.2 Å². The first-order valence-corrected chi connectivity index (χ1v) is 9.69. The van der Waals surface area contributed by atoms with Gasteiger partial charge in [-0.15, -0.1) is 0 Å². The first-order valence-electron chi connectivity index (χ1n) is 8.21. The largest absolute Gasteiger partial charge is 0.489 e. The van der Waals surface area contributed by atoms with Crippen molar-refractivity contribution in [1.82, 2.24) is 0 Å². The van der Waals surface area contributed by atoms with Gasteiger partial charge in [-0.05, 0) is 54.1 Å². The van der Waals surface area contributed by atoms with Crippen molar-refractivity contribution in [3.05, 3.63) is 90.0 Å². The number of hydrogen-bond donors (Lipinski definition) is 0. The molecule has 138 valence electrons. The van der Waals surface area contributed by atoms with Crippen LogP contribution in [0, 0.1) is 0 Å². The van der Waals surface area contributed by atoms with Crippen molar-refractivity contribution in [1.29, 1.82) is 0 Å². The molecule has 0 aromatic heterocycles. The number of methoxy groups -OCH3 is 1. The lowest BCUT2D eigenvalue weighted by Crippen LogP contribution is -2.03. The average molecular weight is 382 g/mol. The van der Waals surface area contributed by atoms with Gasteiger partial charge in [0, 0.05) is 0 Å². The zero-order valence-electron chi connectivity index (χ0n) is 14.7. The maximum atomic E-state index is 12.6. The van der Waals surface area contributed by atoms with Gasteiger partial charge in [-0.3, -0.25) is 0 Å². The third kappa shape index (κ3) is 4.35. The molecule has 0 aliphatic rings. The van der Waals surface area contributed by atoms with Crippen molar-refractivity contribution < 1.29 is 22.7 Å². The molecular weight excluding hydrogens is 364 g/mol. The summed E-state index contributed by atoms with van der Waals surface area (Å²) < 4.78 is 35.5. The summed E-state index contributed by atoms with van der Waals surface area (Å²) in [4.78, 5) is 11.9. The van der Waals surface area contributed by atoms with Crippen molar-refractivity contribution >= 4 is 15.8 Å². The predicted octanol–water partition coefficient (Wildman–Crippen LogP) is 3.89. The van der Waals surface area contributed by atoms with Crippen molar-refractivity contribution in [2.24, 2.45) is 0 Å². The van der Waals surface area contributed by atoms with Gasteiger partial charge in [0.25, 0.3) is 0 Å². The van der Waals surface area contributed by atoms with Gasteiger partial charge in [-0.2, -0.15) is 0 Å². The van der Waals surface area contributed by atoms with Gasteiger partial charge in [-0.1, -0.05) is 30.3 Å². The fourth-order valence-corrected chi connectivity index (χ4v) is 3.75. The quantitative estimate of drug-likeness (QED) is 0.605. The molecule has 3 rings (SSSR count). The van der Waals surface area contributed by atoms with E-state index in [1.54, 1.807) is 66.7 Å². The van der Waals surface area contributed by atoms with Crippen molar-refractivity contribution in [3.63, 3.8) is 0 Å². The average Bonchev–Trinajstić information content (AvgIpc) is 2.73. The monoisotopic (exact) mass is 382 g/mol. The molecule has 6 heteroatoms. The van der Waals surface area contributed by atoms with Crippen LogP contribution < -0.4 is 4.74 Å². The molecule has 5 nitrogen and oxygen atoms in total. The Labute approximate surface area is 158 Å². The number of hydrogen-bond acceptors (Lipinski definition) is 5. The predicted molar refractivity (Wildman–Crippen MR) is 100 cm³/mol. The highest BCUT2D eigenvalue weighted by Crippen LogP contribution is 2.23. The fraction of sp³-hybridized carbons (Fsp3) is 0.0952. The number of esters is 1. The van der Waals surface area contributed by atoms with E-state index in [2.05, 4.69) is 4.74 Å². The third-order valence-corrected chi connectivity index (χ3v) is 5.75. The molecule has 0 fully saturated rings. The minimum Gasteiger partial charge on any atom is -0.489 e. The van der Waals surface area contributed by atoms with Gasteiger partial charge in [0.05, 0.1) is 22.5 Å². The van der Waals surface area contributed by atoms with E-state index in [4.69, 9.17) is 4.74 Å². The fourth-order valence-electron chi connectivity index (χ4n) is 2.47. The molecule has 0 radical (unpaired) electrons. The number of ether oxygens (including phenoxy) is 2. The molecule has 27 heavy (non-hydrogen) atoms. The van der Waals surface area contributed by atoms with Gasteiger partial charge in [0.1, 0.15) is 12.4 Å². The highest BCUT2D eigenvalue weighted by atomic mass is 32.2. The SMILES string of the molecule is COC(=O)c1ccc(COc2ccc(S(=O)(=O)c3ccccc3)cc2)cc1. The lowest BCUT2D eigenvalue weighted by atomic mass is 10.1. The van der Waals surface area contributed by atoms with Gasteiger partial charge in [0.15, 0.2) is 0 Å². The van der Waals surface area contributed by atoms with E-state index in [-0.39, 0.29) is 9.79 Å². The highest BCUT2D eigenvalue weighted by molar-refractivity contribution is 7.91. The summed E-state index contributed by atoms with van der Waals surface area (Å²) in [6.45, 7) is 0.298. The summed E-state index contributed by atoms with van der Waals surface area (Å²) in [5, 5.41) is 0. The Morgan fingerprint density at radius 3 is 2.00 bits per heavy atom. The van der Waals surface area contributed by atoms with Crippen molar-refractivity contribution in [2.45, 2.75) is 16.4 Å². The minimum absolute atomic E-state index is 0.212. The van der Waals surface area contributed by atoms with Gasteiger partial charge >= 0.3 is 5.97 Å². The summed E-state index contributed by atoms with van der Waals surface area (Å²) in [6, 6.07) is 21.5. The Morgan fingerprint density at radius 1 is 0.815 bits per heavy atom. The molecule has 0 bridgehead atoms. The number of benzene rings is 3. The summed E-state index contributed by atoms with van der Waals surface area (Å²) in [5.41, 5.74) is 1.35. The maximum absolute atomic E-state index is 12.6. The Kier molecular flexibility index (Phi) is 5.57. The van der Waals surface area contributed by atoms with Crippen LogP contribution in [0.2, 0.25) is 0 Å². The molecule has 3 aromatic rings. The van der Waals surface area contributed by atoms with E-state index in [0.29, 0.717) is 17.9 Å². The summed E-state index contributed by atoms with van der Waals surface area (Å²) in [7, 11) is -2.20. The van der Waals surface area contributed by atoms with Crippen LogP contribution in [0.3, 0.4) is 0 Å². The Balaban J connectivity index is 1.67. The van der Waals surface area contributed by atoms with Crippen molar-refractivity contribution in [2.75, 3.05) is 7.11 Å². The Hall–Kier alpha value is -3.12. The second-order valence-electron chi connectivity index (χ2n) is 5.77. The summed E-state index contributed by atoms with van der Waals surface area (Å²) in [6.07, 6.45) is 0. The standard InChI is InChI=1S/C21H18O5S/c1-25-21(22)17-9-7-16(8-10-17)15-26-18-11-13-20(14-12-18)27(23,24)19-5-3-2-4-6-19/h2-14H,15H2,1H3. The van der Waals surface area contributed by atoms with E-state index < -0.39 is 15.8 Å². The molecule has 3 aromatic carbocycles. The van der Waals surface area contributed by atoms with Crippen LogP contribution in [0.4, 0.5) is 0 Å². The molecule has 0 N–H and O–H groups in total. The molecule has 0 heterocycles. The molecule has 0 aliphatic carbocycles. The van der Waals surface area contributed by atoms with Crippen LogP contribution in [-0.4, -0.2) is 21.5 Å². The van der Waals surface area contributed by atoms with Crippen LogP contribution in [0.25, 0.3) is 0 Å². The lowest BCUT2D eigenvalue weighted by Gasteiger charge is -2.09. The normalized spacial score (nSPS) is 11.0. The van der Waals surface area contributed by atoms with Crippen LogP contribution in [0.5, 0.6) is 5.75 Å². The lowest BCUT2D eigenvalue weighted by molar-refractivity contribution is 0.0600. The van der Waals surface area contributed by atoms with Crippen molar-refractivity contribution in [3.8, 4) is 5.75 Å². The van der Waals surface area contributed by atoms with E-state index in [1.165, 1.54) is 19.2 Å². The van der Waals surface area contributed by atoms with Crippen LogP contribution in [0.1, 0.15) is 15.9 Å². The zero-order valence-corrected chi connectivity index (χ0v) is 15.5. The molecule has 0 amide bonds. The number of rotatable bonds is 6. The Bertz CT molecular complexity index is 1010. The van der Waals surface area contributed by atoms with Crippen LogP contribution in [0.15, 0.2) is 88.7 Å². The Morgan fingerprint density at radius 2 is 1.41 bits per heavy atom. The third-order valence-electron chi connectivity index (χ3n) is 3.97. The molecule has 0 spiro atoms. The minimum atomic E-state index is -3.54. The summed E-state index contributed by atoms with van der Waals surface area (Å²) in [5.74, 6) is 0.164. The maximum Gasteiger partial charge on any atom is 0.337 e. The second-order valence-corrected chi connectivity index (χ2v) is 7.71. The number of carbonyl (C=O) groups excluding carboxylic acids is 1. The molecule has 0 atom stereocenters. The molecule has 0 aliphatic heterocycles. The molecule has 0 unspecified atom stereocenters. The van der Waals surface area contributed by atoms with E-state index in [1.807, 2.05) is 0 Å². The zero-order chi connectivity index (χ0) is 19.3. The first kappa shape index (κ1) is 18.7. The molecule has 0 saturated heterocycles. The van der Waals surface area contributed by atoms with Gasteiger partial charge in [-0.25, -0.2) is 13.2 Å². The smallest absolute Gasteiger partial charge is 0.337 e. The molecular formula is C21H18O5S. The number of sulfone groups is 1. The van der Waals surface area contributed by atoms with Crippen LogP contribution >= 0.6 is 0 Å². The topological polar surface area (TPSA) is 69.7 Å². The molecule has 0 saturated carbocycles.